The summed E-state index contributed by atoms with van der Waals surface area (Å²) < 4.78 is 0. The van der Waals surface area contributed by atoms with Crippen LogP contribution in [0.2, 0.25) is 0 Å². The zero-order chi connectivity index (χ0) is 15.4. The van der Waals surface area contributed by atoms with E-state index in [0.29, 0.717) is 12.3 Å². The minimum Gasteiger partial charge on any atom is -0.350 e. The molecule has 2 aromatic rings. The Morgan fingerprint density at radius 2 is 2.09 bits per heavy atom. The lowest BCUT2D eigenvalue weighted by molar-refractivity contribution is -0.122. The summed E-state index contributed by atoms with van der Waals surface area (Å²) >= 11 is 0. The Balaban J connectivity index is 1.57. The summed E-state index contributed by atoms with van der Waals surface area (Å²) in [6.07, 6.45) is 2.82. The van der Waals surface area contributed by atoms with E-state index in [1.54, 1.807) is 0 Å². The summed E-state index contributed by atoms with van der Waals surface area (Å²) in [5.74, 6) is 0.828. The highest BCUT2D eigenvalue weighted by molar-refractivity contribution is 5.83. The Morgan fingerprint density at radius 1 is 1.27 bits per heavy atom. The predicted octanol–water partition coefficient (Wildman–Crippen LogP) is 3.41. The summed E-state index contributed by atoms with van der Waals surface area (Å²) in [6.45, 7) is 4.21. The maximum absolute atomic E-state index is 12.1. The number of fused-ring (bicyclic) bond motifs is 1. The predicted molar refractivity (Wildman–Crippen MR) is 90.7 cm³/mol. The van der Waals surface area contributed by atoms with Crippen molar-refractivity contribution in [2.24, 2.45) is 5.92 Å². The van der Waals surface area contributed by atoms with Gasteiger partial charge in [0.25, 0.3) is 0 Å². The van der Waals surface area contributed by atoms with Gasteiger partial charge in [-0.15, -0.1) is 0 Å². The van der Waals surface area contributed by atoms with Crippen LogP contribution in [0.5, 0.6) is 0 Å². The molecule has 1 aliphatic heterocycles. The monoisotopic (exact) mass is 296 g/mol. The SMILES string of the molecule is CC(NC(=O)CCC1CCNC1)c1ccc2ccccc2c1. The van der Waals surface area contributed by atoms with Crippen molar-refractivity contribution in [1.29, 1.82) is 0 Å². The first-order valence-corrected chi connectivity index (χ1v) is 8.21. The molecule has 2 atom stereocenters. The van der Waals surface area contributed by atoms with E-state index in [0.717, 1.165) is 25.1 Å². The first-order chi connectivity index (χ1) is 10.7. The van der Waals surface area contributed by atoms with E-state index in [1.807, 2.05) is 12.1 Å². The molecule has 0 spiro atoms. The molecular formula is C19H24N2O. The third kappa shape index (κ3) is 3.66. The topological polar surface area (TPSA) is 41.1 Å². The molecule has 3 rings (SSSR count). The maximum Gasteiger partial charge on any atom is 0.220 e. The highest BCUT2D eigenvalue weighted by Gasteiger charge is 2.16. The van der Waals surface area contributed by atoms with Gasteiger partial charge in [0.05, 0.1) is 6.04 Å². The van der Waals surface area contributed by atoms with Crippen molar-refractivity contribution in [3.8, 4) is 0 Å². The van der Waals surface area contributed by atoms with Gasteiger partial charge in [-0.1, -0.05) is 36.4 Å². The number of carbonyl (C=O) groups is 1. The van der Waals surface area contributed by atoms with Gasteiger partial charge in [0.1, 0.15) is 0 Å². The van der Waals surface area contributed by atoms with Gasteiger partial charge in [0, 0.05) is 6.42 Å². The minimum absolute atomic E-state index is 0.0545. The summed E-state index contributed by atoms with van der Waals surface area (Å²) in [6, 6.07) is 14.8. The number of rotatable bonds is 5. The van der Waals surface area contributed by atoms with Crippen molar-refractivity contribution in [3.63, 3.8) is 0 Å². The van der Waals surface area contributed by atoms with E-state index in [9.17, 15) is 4.79 Å². The van der Waals surface area contributed by atoms with Crippen LogP contribution in [-0.4, -0.2) is 19.0 Å². The molecule has 3 heteroatoms. The summed E-state index contributed by atoms with van der Waals surface area (Å²) in [7, 11) is 0. The van der Waals surface area contributed by atoms with Crippen molar-refractivity contribution < 1.29 is 4.79 Å². The molecule has 1 amide bonds. The van der Waals surface area contributed by atoms with Crippen LogP contribution in [0.1, 0.15) is 37.8 Å². The van der Waals surface area contributed by atoms with Gasteiger partial charge in [-0.2, -0.15) is 0 Å². The summed E-state index contributed by atoms with van der Waals surface area (Å²) in [5.41, 5.74) is 1.16. The van der Waals surface area contributed by atoms with E-state index in [-0.39, 0.29) is 11.9 Å². The molecule has 22 heavy (non-hydrogen) atoms. The average Bonchev–Trinajstić information content (AvgIpc) is 3.06. The fraction of sp³-hybridized carbons (Fsp3) is 0.421. The van der Waals surface area contributed by atoms with Gasteiger partial charge in [-0.25, -0.2) is 0 Å². The summed E-state index contributed by atoms with van der Waals surface area (Å²) in [5, 5.41) is 8.93. The quantitative estimate of drug-likeness (QED) is 0.888. The Labute approximate surface area is 132 Å². The lowest BCUT2D eigenvalue weighted by Gasteiger charge is -2.16. The fourth-order valence-electron chi connectivity index (χ4n) is 3.17. The lowest BCUT2D eigenvalue weighted by Crippen LogP contribution is -2.27. The zero-order valence-electron chi connectivity index (χ0n) is 13.1. The molecule has 0 bridgehead atoms. The molecule has 2 aromatic carbocycles. The number of carbonyl (C=O) groups excluding carboxylic acids is 1. The van der Waals surface area contributed by atoms with E-state index in [2.05, 4.69) is 47.9 Å². The number of hydrogen-bond donors (Lipinski definition) is 2. The highest BCUT2D eigenvalue weighted by Crippen LogP contribution is 2.21. The minimum atomic E-state index is 0.0545. The van der Waals surface area contributed by atoms with Gasteiger partial charge in [-0.05, 0) is 61.2 Å². The van der Waals surface area contributed by atoms with Crippen LogP contribution in [-0.2, 0) is 4.79 Å². The molecule has 116 valence electrons. The molecule has 3 nitrogen and oxygen atoms in total. The van der Waals surface area contributed by atoms with Crippen LogP contribution in [0.25, 0.3) is 10.8 Å². The normalized spacial score (nSPS) is 19.2. The third-order valence-electron chi connectivity index (χ3n) is 4.59. The van der Waals surface area contributed by atoms with Crippen LogP contribution < -0.4 is 10.6 Å². The second-order valence-corrected chi connectivity index (χ2v) is 6.29. The molecule has 1 fully saturated rings. The third-order valence-corrected chi connectivity index (χ3v) is 4.59. The molecular weight excluding hydrogens is 272 g/mol. The Hall–Kier alpha value is -1.87. The standard InChI is InChI=1S/C19H24N2O/c1-14(21-19(22)9-6-15-10-11-20-13-15)17-8-7-16-4-2-3-5-18(16)12-17/h2-5,7-8,12,14-15,20H,6,9-11,13H2,1H3,(H,21,22). The molecule has 1 saturated heterocycles. The van der Waals surface area contributed by atoms with E-state index >= 15 is 0 Å². The van der Waals surface area contributed by atoms with Crippen molar-refractivity contribution >= 4 is 16.7 Å². The molecule has 0 aromatic heterocycles. The largest absolute Gasteiger partial charge is 0.350 e. The Bertz CT molecular complexity index is 647. The molecule has 0 radical (unpaired) electrons. The first kappa shape index (κ1) is 15.0. The number of nitrogens with one attached hydrogen (secondary N) is 2. The number of amides is 1. The van der Waals surface area contributed by atoms with Gasteiger partial charge in [-0.3, -0.25) is 4.79 Å². The molecule has 1 aliphatic rings. The first-order valence-electron chi connectivity index (χ1n) is 8.21. The van der Waals surface area contributed by atoms with E-state index in [4.69, 9.17) is 0 Å². The lowest BCUT2D eigenvalue weighted by atomic mass is 10.0. The van der Waals surface area contributed by atoms with Crippen LogP contribution in [0.15, 0.2) is 42.5 Å². The van der Waals surface area contributed by atoms with Crippen molar-refractivity contribution in [1.82, 2.24) is 10.6 Å². The fourth-order valence-corrected chi connectivity index (χ4v) is 3.17. The average molecular weight is 296 g/mol. The second-order valence-electron chi connectivity index (χ2n) is 6.29. The maximum atomic E-state index is 12.1. The smallest absolute Gasteiger partial charge is 0.220 e. The second kappa shape index (κ2) is 6.93. The van der Waals surface area contributed by atoms with Crippen molar-refractivity contribution in [2.75, 3.05) is 13.1 Å². The van der Waals surface area contributed by atoms with E-state index < -0.39 is 0 Å². The molecule has 2 unspecified atom stereocenters. The van der Waals surface area contributed by atoms with Gasteiger partial charge in [0.2, 0.25) is 5.91 Å². The molecule has 0 aliphatic carbocycles. The molecule has 2 N–H and O–H groups in total. The zero-order valence-corrected chi connectivity index (χ0v) is 13.1. The van der Waals surface area contributed by atoms with Gasteiger partial charge < -0.3 is 10.6 Å². The Kier molecular flexibility index (Phi) is 4.74. The van der Waals surface area contributed by atoms with Crippen molar-refractivity contribution in [2.45, 2.75) is 32.2 Å². The van der Waals surface area contributed by atoms with E-state index in [1.165, 1.54) is 17.2 Å². The molecule has 1 heterocycles. The van der Waals surface area contributed by atoms with Crippen LogP contribution in [0, 0.1) is 5.92 Å². The van der Waals surface area contributed by atoms with Crippen molar-refractivity contribution in [3.05, 3.63) is 48.0 Å². The number of hydrogen-bond acceptors (Lipinski definition) is 2. The number of benzene rings is 2. The van der Waals surface area contributed by atoms with Crippen LogP contribution in [0.4, 0.5) is 0 Å². The van der Waals surface area contributed by atoms with Crippen LogP contribution in [0.3, 0.4) is 0 Å². The van der Waals surface area contributed by atoms with Gasteiger partial charge >= 0.3 is 0 Å². The highest BCUT2D eigenvalue weighted by atomic mass is 16.1. The molecule has 0 saturated carbocycles. The van der Waals surface area contributed by atoms with Gasteiger partial charge in [0.15, 0.2) is 0 Å². The summed E-state index contributed by atoms with van der Waals surface area (Å²) in [4.78, 5) is 12.1. The Morgan fingerprint density at radius 3 is 2.86 bits per heavy atom. The van der Waals surface area contributed by atoms with Crippen LogP contribution >= 0.6 is 0 Å².